The summed E-state index contributed by atoms with van der Waals surface area (Å²) < 4.78 is 0. The van der Waals surface area contributed by atoms with Crippen molar-refractivity contribution < 1.29 is 9.72 Å². The van der Waals surface area contributed by atoms with Gasteiger partial charge in [0.2, 0.25) is 5.91 Å². The zero-order valence-electron chi connectivity index (χ0n) is 13.2. The normalized spacial score (nSPS) is 17.2. The van der Waals surface area contributed by atoms with E-state index in [4.69, 9.17) is 5.73 Å². The molecular weight excluding hydrogens is 306 g/mol. The van der Waals surface area contributed by atoms with E-state index in [1.165, 1.54) is 17.7 Å². The van der Waals surface area contributed by atoms with Gasteiger partial charge in [0.25, 0.3) is 5.69 Å². The fourth-order valence-corrected chi connectivity index (χ4v) is 3.25. The quantitative estimate of drug-likeness (QED) is 0.674. The first kappa shape index (κ1) is 16.1. The highest BCUT2D eigenvalue weighted by Crippen LogP contribution is 2.29. The lowest BCUT2D eigenvalue weighted by Crippen LogP contribution is -2.43. The third-order valence-electron chi connectivity index (χ3n) is 4.49. The highest BCUT2D eigenvalue weighted by atomic mass is 16.6. The summed E-state index contributed by atoms with van der Waals surface area (Å²) in [6.07, 6.45) is 1.60. The second-order valence-electron chi connectivity index (χ2n) is 5.96. The molecule has 0 aromatic heterocycles. The lowest BCUT2D eigenvalue weighted by Gasteiger charge is -2.35. The minimum atomic E-state index is -0.409. The van der Waals surface area contributed by atoms with Crippen LogP contribution < -0.4 is 5.73 Å². The van der Waals surface area contributed by atoms with Crippen LogP contribution in [-0.2, 0) is 17.6 Å². The van der Waals surface area contributed by atoms with Crippen molar-refractivity contribution in [3.05, 3.63) is 75.3 Å². The van der Waals surface area contributed by atoms with Gasteiger partial charge in [-0.15, -0.1) is 0 Å². The zero-order valence-corrected chi connectivity index (χ0v) is 13.2. The van der Waals surface area contributed by atoms with Gasteiger partial charge < -0.3 is 5.73 Å². The van der Waals surface area contributed by atoms with Crippen LogP contribution in [0.25, 0.3) is 0 Å². The van der Waals surface area contributed by atoms with Crippen LogP contribution in [0.2, 0.25) is 0 Å². The van der Waals surface area contributed by atoms with E-state index in [-0.39, 0.29) is 11.6 Å². The van der Waals surface area contributed by atoms with Crippen molar-refractivity contribution in [1.29, 1.82) is 0 Å². The third-order valence-corrected chi connectivity index (χ3v) is 4.49. The molecule has 0 saturated heterocycles. The van der Waals surface area contributed by atoms with E-state index in [0.717, 1.165) is 24.1 Å². The van der Waals surface area contributed by atoms with Crippen LogP contribution in [-0.4, -0.2) is 28.8 Å². The summed E-state index contributed by atoms with van der Waals surface area (Å²) in [5, 5.41) is 10.7. The predicted octanol–water partition coefficient (Wildman–Crippen LogP) is 2.22. The number of primary amides is 1. The minimum absolute atomic E-state index is 0.0839. The number of hydrogen-bond acceptors (Lipinski definition) is 4. The molecule has 2 aromatic carbocycles. The van der Waals surface area contributed by atoms with Crippen molar-refractivity contribution in [2.75, 3.05) is 13.1 Å². The van der Waals surface area contributed by atoms with Crippen molar-refractivity contribution >= 4 is 11.6 Å². The summed E-state index contributed by atoms with van der Waals surface area (Å²) in [4.78, 5) is 24.3. The molecule has 3 rings (SSSR count). The molecule has 2 N–H and O–H groups in total. The van der Waals surface area contributed by atoms with Crippen molar-refractivity contribution in [2.45, 2.75) is 18.9 Å². The first-order chi connectivity index (χ1) is 11.6. The van der Waals surface area contributed by atoms with E-state index in [9.17, 15) is 14.9 Å². The Morgan fingerprint density at radius 1 is 1.21 bits per heavy atom. The molecule has 2 aromatic rings. The molecule has 1 heterocycles. The maximum absolute atomic E-state index is 12.0. The van der Waals surface area contributed by atoms with E-state index < -0.39 is 11.0 Å². The van der Waals surface area contributed by atoms with Crippen LogP contribution in [0.15, 0.2) is 48.5 Å². The number of benzene rings is 2. The van der Waals surface area contributed by atoms with Gasteiger partial charge in [0.15, 0.2) is 0 Å². The molecule has 1 aliphatic rings. The van der Waals surface area contributed by atoms with Crippen molar-refractivity contribution in [3.8, 4) is 0 Å². The van der Waals surface area contributed by atoms with Crippen molar-refractivity contribution in [1.82, 2.24) is 4.90 Å². The Kier molecular flexibility index (Phi) is 4.57. The first-order valence-electron chi connectivity index (χ1n) is 7.91. The van der Waals surface area contributed by atoms with Gasteiger partial charge in [-0.1, -0.05) is 36.4 Å². The molecule has 124 valence electrons. The molecule has 0 bridgehead atoms. The Morgan fingerprint density at radius 3 is 2.58 bits per heavy atom. The molecule has 6 nitrogen and oxygen atoms in total. The topological polar surface area (TPSA) is 89.5 Å². The molecule has 1 aliphatic heterocycles. The number of nitrogens with zero attached hydrogens (tertiary/aromatic N) is 2. The largest absolute Gasteiger partial charge is 0.368 e. The van der Waals surface area contributed by atoms with Gasteiger partial charge in [-0.25, -0.2) is 0 Å². The minimum Gasteiger partial charge on any atom is -0.368 e. The number of fused-ring (bicyclic) bond motifs is 1. The molecular formula is C18H19N3O3. The molecule has 0 unspecified atom stereocenters. The fourth-order valence-electron chi connectivity index (χ4n) is 3.25. The summed E-state index contributed by atoms with van der Waals surface area (Å²) in [5.74, 6) is -0.342. The zero-order chi connectivity index (χ0) is 17.1. The van der Waals surface area contributed by atoms with Crippen molar-refractivity contribution in [2.24, 2.45) is 5.73 Å². The van der Waals surface area contributed by atoms with Crippen LogP contribution in [0.3, 0.4) is 0 Å². The van der Waals surface area contributed by atoms with E-state index >= 15 is 0 Å². The molecule has 1 atom stereocenters. The summed E-state index contributed by atoms with van der Waals surface area (Å²) in [6, 6.07) is 14.0. The van der Waals surface area contributed by atoms with Crippen LogP contribution in [0.5, 0.6) is 0 Å². The number of rotatable bonds is 5. The Hall–Kier alpha value is -2.73. The van der Waals surface area contributed by atoms with Crippen molar-refractivity contribution in [3.63, 3.8) is 0 Å². The maximum atomic E-state index is 12.0. The third kappa shape index (κ3) is 3.28. The van der Waals surface area contributed by atoms with Gasteiger partial charge in [-0.3, -0.25) is 19.8 Å². The molecule has 0 aliphatic carbocycles. The number of carbonyl (C=O) groups excluding carboxylic acids is 1. The lowest BCUT2D eigenvalue weighted by atomic mass is 9.92. The Morgan fingerprint density at radius 2 is 1.92 bits per heavy atom. The summed E-state index contributed by atoms with van der Waals surface area (Å²) in [7, 11) is 0. The maximum Gasteiger partial charge on any atom is 0.269 e. The molecule has 0 spiro atoms. The van der Waals surface area contributed by atoms with Crippen LogP contribution >= 0.6 is 0 Å². The average molecular weight is 325 g/mol. The highest BCUT2D eigenvalue weighted by Gasteiger charge is 2.30. The number of nitro benzene ring substituents is 1. The van der Waals surface area contributed by atoms with Gasteiger partial charge >= 0.3 is 0 Å². The summed E-state index contributed by atoms with van der Waals surface area (Å²) in [5.41, 5.74) is 8.89. The lowest BCUT2D eigenvalue weighted by molar-refractivity contribution is -0.384. The summed E-state index contributed by atoms with van der Waals surface area (Å²) >= 11 is 0. The van der Waals surface area contributed by atoms with E-state index in [2.05, 4.69) is 4.90 Å². The first-order valence-corrected chi connectivity index (χ1v) is 7.91. The number of nitro groups is 1. The van der Waals surface area contributed by atoms with E-state index in [1.807, 2.05) is 24.3 Å². The Bertz CT molecular complexity index is 758. The number of hydrogen-bond donors (Lipinski definition) is 1. The van der Waals surface area contributed by atoms with Gasteiger partial charge in [0, 0.05) is 25.2 Å². The number of nitrogens with two attached hydrogens (primary N) is 1. The van der Waals surface area contributed by atoms with E-state index in [1.54, 1.807) is 12.1 Å². The van der Waals surface area contributed by atoms with Gasteiger partial charge in [-0.2, -0.15) is 0 Å². The monoisotopic (exact) mass is 325 g/mol. The van der Waals surface area contributed by atoms with Crippen LogP contribution in [0, 0.1) is 10.1 Å². The summed E-state index contributed by atoms with van der Waals surface area (Å²) in [6.45, 7) is 1.46. The van der Waals surface area contributed by atoms with Gasteiger partial charge in [-0.05, 0) is 29.5 Å². The number of carbonyl (C=O) groups is 1. The predicted molar refractivity (Wildman–Crippen MR) is 90.5 cm³/mol. The fraction of sp³-hybridized carbons (Fsp3) is 0.278. The molecule has 24 heavy (non-hydrogen) atoms. The molecule has 0 saturated carbocycles. The second kappa shape index (κ2) is 6.80. The molecule has 0 radical (unpaired) electrons. The molecule has 1 amide bonds. The Labute approximate surface area is 140 Å². The molecule has 0 fully saturated rings. The SMILES string of the molecule is NC(=O)[C@@H]1c2ccccc2CCN1CCc1ccc([N+](=O)[O-])cc1. The highest BCUT2D eigenvalue weighted by molar-refractivity contribution is 5.82. The average Bonchev–Trinajstić information content (AvgIpc) is 2.59. The standard InChI is InChI=1S/C18H19N3O3/c19-18(22)17-16-4-2-1-3-14(16)10-12-20(17)11-9-13-5-7-15(8-6-13)21(23)24/h1-8,17H,9-12H2,(H2,19,22)/t17-/m0/s1. The van der Waals surface area contributed by atoms with Crippen LogP contribution in [0.4, 0.5) is 5.69 Å². The Balaban J connectivity index is 1.72. The van der Waals surface area contributed by atoms with Crippen LogP contribution in [0.1, 0.15) is 22.7 Å². The number of non-ortho nitro benzene ring substituents is 1. The van der Waals surface area contributed by atoms with Gasteiger partial charge in [0.1, 0.15) is 6.04 Å². The smallest absolute Gasteiger partial charge is 0.269 e. The van der Waals surface area contributed by atoms with Gasteiger partial charge in [0.05, 0.1) is 4.92 Å². The number of amides is 1. The van der Waals surface area contributed by atoms with E-state index in [0.29, 0.717) is 13.0 Å². The molecule has 6 heteroatoms. The second-order valence-corrected chi connectivity index (χ2v) is 5.96.